The number of benzene rings is 2. The largest absolute Gasteiger partial charge is 0.495 e. The van der Waals surface area contributed by atoms with Crippen molar-refractivity contribution in [3.8, 4) is 5.75 Å². The van der Waals surface area contributed by atoms with Crippen molar-refractivity contribution in [2.24, 2.45) is 0 Å². The Hall–Kier alpha value is -1.78. The van der Waals surface area contributed by atoms with E-state index in [4.69, 9.17) is 28.6 Å². The molecule has 0 spiro atoms. The van der Waals surface area contributed by atoms with E-state index in [-0.39, 0.29) is 6.04 Å². The highest BCUT2D eigenvalue weighted by Crippen LogP contribution is 2.27. The minimum absolute atomic E-state index is 0.281. The van der Waals surface area contributed by atoms with Gasteiger partial charge in [0.15, 0.2) is 5.11 Å². The van der Waals surface area contributed by atoms with Gasteiger partial charge in [-0.05, 0) is 55.7 Å². The summed E-state index contributed by atoms with van der Waals surface area (Å²) in [4.78, 5) is 0. The lowest BCUT2D eigenvalue weighted by atomic mass is 10.1. The van der Waals surface area contributed by atoms with E-state index in [1.54, 1.807) is 13.2 Å². The number of methoxy groups -OCH3 is 1. The van der Waals surface area contributed by atoms with Crippen LogP contribution in [0.15, 0.2) is 48.5 Å². The number of thiocarbonyl (C=S) groups is 1. The fourth-order valence-corrected chi connectivity index (χ4v) is 2.81. The molecular weight excluding hydrogens is 328 g/mol. The third-order valence-corrected chi connectivity index (χ3v) is 4.01. The van der Waals surface area contributed by atoms with E-state index >= 15 is 0 Å². The third kappa shape index (κ3) is 5.73. The Balaban J connectivity index is 1.80. The van der Waals surface area contributed by atoms with Crippen LogP contribution in [0.5, 0.6) is 5.75 Å². The lowest BCUT2D eigenvalue weighted by Gasteiger charge is -2.17. The predicted octanol–water partition coefficient (Wildman–Crippen LogP) is 4.66. The molecule has 23 heavy (non-hydrogen) atoms. The summed E-state index contributed by atoms with van der Waals surface area (Å²) in [6.07, 6.45) is 2.03. The van der Waals surface area contributed by atoms with Gasteiger partial charge >= 0.3 is 0 Å². The average Bonchev–Trinajstić information content (AvgIpc) is 2.54. The topological polar surface area (TPSA) is 33.3 Å². The number of nitrogens with one attached hydrogen (secondary N) is 2. The van der Waals surface area contributed by atoms with Crippen molar-refractivity contribution in [1.82, 2.24) is 5.32 Å². The smallest absolute Gasteiger partial charge is 0.170 e. The standard InChI is InChI=1S/C18H21ClN2OS/c1-13(8-9-14-6-4-3-5-7-14)20-18(23)21-15-10-11-17(22-2)16(19)12-15/h3-7,10-13H,8-9H2,1-2H3,(H2,20,21,23)/t13-/m0/s1. The molecule has 0 saturated carbocycles. The predicted molar refractivity (Wildman–Crippen MR) is 102 cm³/mol. The summed E-state index contributed by atoms with van der Waals surface area (Å²) in [7, 11) is 1.59. The summed E-state index contributed by atoms with van der Waals surface area (Å²) in [6, 6.07) is 16.2. The molecule has 2 N–H and O–H groups in total. The van der Waals surface area contributed by atoms with Gasteiger partial charge in [-0.2, -0.15) is 0 Å². The first-order valence-corrected chi connectivity index (χ1v) is 8.32. The number of halogens is 1. The van der Waals surface area contributed by atoms with Crippen LogP contribution in [0, 0.1) is 0 Å². The molecule has 2 rings (SSSR count). The van der Waals surface area contributed by atoms with Crippen molar-refractivity contribution in [3.63, 3.8) is 0 Å². The monoisotopic (exact) mass is 348 g/mol. The lowest BCUT2D eigenvalue weighted by Crippen LogP contribution is -2.36. The van der Waals surface area contributed by atoms with Crippen molar-refractivity contribution >= 4 is 34.6 Å². The molecule has 0 bridgehead atoms. The van der Waals surface area contributed by atoms with E-state index in [9.17, 15) is 0 Å². The molecule has 1 atom stereocenters. The summed E-state index contributed by atoms with van der Waals surface area (Å²) in [5.74, 6) is 0.646. The molecule has 0 aliphatic rings. The number of rotatable bonds is 6. The van der Waals surface area contributed by atoms with Crippen LogP contribution >= 0.6 is 23.8 Å². The zero-order valence-electron chi connectivity index (χ0n) is 13.3. The van der Waals surface area contributed by atoms with Crippen LogP contribution in [0.1, 0.15) is 18.9 Å². The molecule has 0 saturated heterocycles. The second-order valence-corrected chi connectivity index (χ2v) is 6.19. The molecule has 2 aromatic carbocycles. The Morgan fingerprint density at radius 1 is 1.22 bits per heavy atom. The number of ether oxygens (including phenoxy) is 1. The van der Waals surface area contributed by atoms with Crippen LogP contribution in [0.25, 0.3) is 0 Å². The molecule has 0 heterocycles. The van der Waals surface area contributed by atoms with Gasteiger partial charge in [-0.1, -0.05) is 41.9 Å². The van der Waals surface area contributed by atoms with Crippen molar-refractivity contribution < 1.29 is 4.74 Å². The molecule has 0 aliphatic heterocycles. The second-order valence-electron chi connectivity index (χ2n) is 5.37. The molecular formula is C18H21ClN2OS. The molecule has 0 unspecified atom stereocenters. The van der Waals surface area contributed by atoms with Gasteiger partial charge in [0.1, 0.15) is 5.75 Å². The van der Waals surface area contributed by atoms with E-state index in [1.165, 1.54) is 5.56 Å². The Morgan fingerprint density at radius 2 is 1.96 bits per heavy atom. The normalized spacial score (nSPS) is 11.6. The van der Waals surface area contributed by atoms with Gasteiger partial charge in [0.2, 0.25) is 0 Å². The molecule has 3 nitrogen and oxygen atoms in total. The first kappa shape index (κ1) is 17.6. The van der Waals surface area contributed by atoms with Gasteiger partial charge in [-0.3, -0.25) is 0 Å². The molecule has 0 aliphatic carbocycles. The summed E-state index contributed by atoms with van der Waals surface area (Å²) in [5.41, 5.74) is 2.17. The molecule has 2 aromatic rings. The fourth-order valence-electron chi connectivity index (χ4n) is 2.24. The van der Waals surface area contributed by atoms with Gasteiger partial charge in [-0.15, -0.1) is 0 Å². The molecule has 0 fully saturated rings. The number of aryl methyl sites for hydroxylation is 1. The summed E-state index contributed by atoms with van der Waals surface area (Å²) in [5, 5.41) is 7.58. The van der Waals surface area contributed by atoms with Gasteiger partial charge in [0, 0.05) is 11.7 Å². The van der Waals surface area contributed by atoms with Crippen LogP contribution in [0.3, 0.4) is 0 Å². The molecule has 0 aromatic heterocycles. The second kappa shape index (κ2) is 8.75. The summed E-state index contributed by atoms with van der Waals surface area (Å²) >= 11 is 11.5. The highest BCUT2D eigenvalue weighted by molar-refractivity contribution is 7.80. The van der Waals surface area contributed by atoms with E-state index in [2.05, 4.69) is 41.8 Å². The molecule has 0 radical (unpaired) electrons. The number of hydrogen-bond acceptors (Lipinski definition) is 2. The van der Waals surface area contributed by atoms with Gasteiger partial charge in [-0.25, -0.2) is 0 Å². The Labute approximate surface area is 148 Å². The van der Waals surface area contributed by atoms with Crippen molar-refractivity contribution in [1.29, 1.82) is 0 Å². The van der Waals surface area contributed by atoms with Crippen LogP contribution in [0.4, 0.5) is 5.69 Å². The van der Waals surface area contributed by atoms with Gasteiger partial charge in [0.25, 0.3) is 0 Å². The van der Waals surface area contributed by atoms with E-state index in [0.29, 0.717) is 15.9 Å². The highest BCUT2D eigenvalue weighted by atomic mass is 35.5. The maximum absolute atomic E-state index is 6.11. The number of anilines is 1. The zero-order chi connectivity index (χ0) is 16.7. The fraction of sp³-hybridized carbons (Fsp3) is 0.278. The van der Waals surface area contributed by atoms with E-state index < -0.39 is 0 Å². The minimum Gasteiger partial charge on any atom is -0.495 e. The molecule has 0 amide bonds. The van der Waals surface area contributed by atoms with Crippen LogP contribution in [-0.4, -0.2) is 18.3 Å². The van der Waals surface area contributed by atoms with Crippen molar-refractivity contribution in [2.75, 3.05) is 12.4 Å². The van der Waals surface area contributed by atoms with Gasteiger partial charge < -0.3 is 15.4 Å². The quantitative estimate of drug-likeness (QED) is 0.744. The van der Waals surface area contributed by atoms with Crippen molar-refractivity contribution in [3.05, 3.63) is 59.1 Å². The Morgan fingerprint density at radius 3 is 2.61 bits per heavy atom. The zero-order valence-corrected chi connectivity index (χ0v) is 14.9. The number of hydrogen-bond donors (Lipinski definition) is 2. The molecule has 5 heteroatoms. The van der Waals surface area contributed by atoms with E-state index in [1.807, 2.05) is 18.2 Å². The SMILES string of the molecule is COc1ccc(NC(=S)N[C@@H](C)CCc2ccccc2)cc1Cl. The highest BCUT2D eigenvalue weighted by Gasteiger charge is 2.07. The minimum atomic E-state index is 0.281. The lowest BCUT2D eigenvalue weighted by molar-refractivity contribution is 0.415. The summed E-state index contributed by atoms with van der Waals surface area (Å²) in [6.45, 7) is 2.12. The maximum atomic E-state index is 6.11. The van der Waals surface area contributed by atoms with Crippen LogP contribution in [-0.2, 0) is 6.42 Å². The Kier molecular flexibility index (Phi) is 6.68. The maximum Gasteiger partial charge on any atom is 0.170 e. The van der Waals surface area contributed by atoms with Crippen LogP contribution < -0.4 is 15.4 Å². The Bertz CT molecular complexity index is 649. The first-order valence-electron chi connectivity index (χ1n) is 7.53. The van der Waals surface area contributed by atoms with Gasteiger partial charge in [0.05, 0.1) is 12.1 Å². The third-order valence-electron chi connectivity index (χ3n) is 3.50. The molecule has 122 valence electrons. The van der Waals surface area contributed by atoms with Crippen LogP contribution in [0.2, 0.25) is 5.02 Å². The summed E-state index contributed by atoms with van der Waals surface area (Å²) < 4.78 is 5.14. The first-order chi connectivity index (χ1) is 11.1. The average molecular weight is 349 g/mol. The van der Waals surface area contributed by atoms with E-state index in [0.717, 1.165) is 18.5 Å². The van der Waals surface area contributed by atoms with Crippen molar-refractivity contribution in [2.45, 2.75) is 25.8 Å².